The van der Waals surface area contributed by atoms with Gasteiger partial charge >= 0.3 is 5.97 Å². The van der Waals surface area contributed by atoms with Gasteiger partial charge < -0.3 is 13.9 Å². The predicted molar refractivity (Wildman–Crippen MR) is 100 cm³/mol. The van der Waals surface area contributed by atoms with E-state index in [2.05, 4.69) is 4.98 Å². The molecule has 0 amide bonds. The second kappa shape index (κ2) is 7.74. The third-order valence-electron chi connectivity index (χ3n) is 4.06. The van der Waals surface area contributed by atoms with Gasteiger partial charge in [0.05, 0.1) is 5.69 Å². The molecular formula is C22H17NO4. The molecule has 0 spiro atoms. The van der Waals surface area contributed by atoms with Gasteiger partial charge in [0.1, 0.15) is 24.7 Å². The quantitative estimate of drug-likeness (QED) is 0.464. The highest BCUT2D eigenvalue weighted by Gasteiger charge is 2.14. The molecule has 0 aliphatic carbocycles. The van der Waals surface area contributed by atoms with Crippen molar-refractivity contribution in [3.63, 3.8) is 0 Å². The lowest BCUT2D eigenvalue weighted by Crippen LogP contribution is -2.05. The lowest BCUT2D eigenvalue weighted by Gasteiger charge is -2.08. The van der Waals surface area contributed by atoms with Gasteiger partial charge in [-0.1, -0.05) is 42.5 Å². The second-order valence-corrected chi connectivity index (χ2v) is 5.93. The van der Waals surface area contributed by atoms with Crippen molar-refractivity contribution in [3.05, 3.63) is 96.2 Å². The first-order chi connectivity index (χ1) is 13.3. The Bertz CT molecular complexity index is 1050. The molecule has 5 nitrogen and oxygen atoms in total. The van der Waals surface area contributed by atoms with E-state index in [1.165, 1.54) is 0 Å². The number of hydrogen-bond donors (Lipinski definition) is 0. The average Bonchev–Trinajstić information content (AvgIpc) is 3.20. The molecule has 0 atom stereocenters. The molecule has 134 valence electrons. The summed E-state index contributed by atoms with van der Waals surface area (Å²) < 4.78 is 16.6. The Morgan fingerprint density at radius 3 is 2.63 bits per heavy atom. The summed E-state index contributed by atoms with van der Waals surface area (Å²) in [6.45, 7) is 0.323. The summed E-state index contributed by atoms with van der Waals surface area (Å²) in [5, 5.41) is 2.13. The number of nitrogens with zero attached hydrogens (tertiary/aromatic N) is 1. The number of rotatable bonds is 6. The molecule has 27 heavy (non-hydrogen) atoms. The van der Waals surface area contributed by atoms with Crippen LogP contribution in [0.1, 0.15) is 22.0 Å². The summed E-state index contributed by atoms with van der Waals surface area (Å²) in [5.41, 5.74) is 0.678. The molecule has 4 aromatic rings. The number of carbonyl (C=O) groups is 1. The molecule has 5 heteroatoms. The first kappa shape index (κ1) is 16.8. The zero-order chi connectivity index (χ0) is 18.5. The van der Waals surface area contributed by atoms with Gasteiger partial charge in [0.25, 0.3) is 0 Å². The zero-order valence-corrected chi connectivity index (χ0v) is 14.5. The Hall–Kier alpha value is -3.60. The lowest BCUT2D eigenvalue weighted by molar-refractivity contribution is 0.0427. The van der Waals surface area contributed by atoms with Crippen LogP contribution in [-0.2, 0) is 18.0 Å². The molecule has 0 bridgehead atoms. The van der Waals surface area contributed by atoms with Gasteiger partial charge in [0.2, 0.25) is 5.76 Å². The standard InChI is InChI=1S/C22H17NO4/c24-22(26-14-17-8-3-4-13-23-17)21-12-11-18(27-21)15-25-20-10-5-7-16-6-1-2-9-19(16)20/h1-13H,14-15H2. The Morgan fingerprint density at radius 1 is 0.889 bits per heavy atom. The number of fused-ring (bicyclic) bond motifs is 1. The van der Waals surface area contributed by atoms with Crippen molar-refractivity contribution >= 4 is 16.7 Å². The van der Waals surface area contributed by atoms with Crippen LogP contribution in [0.5, 0.6) is 5.75 Å². The summed E-state index contributed by atoms with van der Waals surface area (Å²) in [6.07, 6.45) is 1.65. The second-order valence-electron chi connectivity index (χ2n) is 5.93. The summed E-state index contributed by atoms with van der Waals surface area (Å²) in [5.74, 6) is 0.927. The van der Waals surface area contributed by atoms with Crippen LogP contribution in [-0.4, -0.2) is 11.0 Å². The Morgan fingerprint density at radius 2 is 1.74 bits per heavy atom. The van der Waals surface area contributed by atoms with Crippen molar-refractivity contribution in [2.24, 2.45) is 0 Å². The third kappa shape index (κ3) is 3.98. The Balaban J connectivity index is 1.38. The first-order valence-electron chi connectivity index (χ1n) is 8.56. The van der Waals surface area contributed by atoms with Gasteiger partial charge in [-0.05, 0) is 35.7 Å². The maximum atomic E-state index is 12.1. The number of furan rings is 1. The van der Waals surface area contributed by atoms with E-state index in [0.717, 1.165) is 16.5 Å². The van der Waals surface area contributed by atoms with Crippen LogP contribution in [0.25, 0.3) is 10.8 Å². The largest absolute Gasteiger partial charge is 0.485 e. The van der Waals surface area contributed by atoms with Crippen LogP contribution < -0.4 is 4.74 Å². The molecule has 0 fully saturated rings. The van der Waals surface area contributed by atoms with Crippen LogP contribution >= 0.6 is 0 Å². The number of esters is 1. The van der Waals surface area contributed by atoms with Crippen molar-refractivity contribution in [2.45, 2.75) is 13.2 Å². The molecule has 0 saturated heterocycles. The number of pyridine rings is 1. The van der Waals surface area contributed by atoms with Gasteiger partial charge in [-0.25, -0.2) is 4.79 Å². The maximum absolute atomic E-state index is 12.1. The van der Waals surface area contributed by atoms with E-state index in [9.17, 15) is 4.79 Å². The van der Waals surface area contributed by atoms with Crippen LogP contribution in [0.3, 0.4) is 0 Å². The molecule has 0 unspecified atom stereocenters. The monoisotopic (exact) mass is 359 g/mol. The van der Waals surface area contributed by atoms with Gasteiger partial charge in [0.15, 0.2) is 0 Å². The molecule has 0 saturated carbocycles. The highest BCUT2D eigenvalue weighted by Crippen LogP contribution is 2.26. The van der Waals surface area contributed by atoms with E-state index in [1.807, 2.05) is 48.5 Å². The predicted octanol–water partition coefficient (Wildman–Crippen LogP) is 4.76. The van der Waals surface area contributed by atoms with Crippen LogP contribution in [0.4, 0.5) is 0 Å². The van der Waals surface area contributed by atoms with Gasteiger partial charge in [-0.15, -0.1) is 0 Å². The molecule has 2 heterocycles. The lowest BCUT2D eigenvalue weighted by atomic mass is 10.1. The molecule has 2 aromatic heterocycles. The van der Waals surface area contributed by atoms with E-state index in [1.54, 1.807) is 30.5 Å². The van der Waals surface area contributed by atoms with Crippen molar-refractivity contribution in [2.75, 3.05) is 0 Å². The fourth-order valence-corrected chi connectivity index (χ4v) is 2.73. The molecule has 0 aliphatic rings. The van der Waals surface area contributed by atoms with Crippen molar-refractivity contribution in [1.29, 1.82) is 0 Å². The summed E-state index contributed by atoms with van der Waals surface area (Å²) in [4.78, 5) is 16.2. The molecule has 0 radical (unpaired) electrons. The number of carbonyl (C=O) groups excluding carboxylic acids is 1. The normalized spacial score (nSPS) is 10.7. The van der Waals surface area contributed by atoms with E-state index in [-0.39, 0.29) is 19.0 Å². The van der Waals surface area contributed by atoms with E-state index >= 15 is 0 Å². The van der Waals surface area contributed by atoms with E-state index in [0.29, 0.717) is 11.5 Å². The summed E-state index contributed by atoms with van der Waals surface area (Å²) in [7, 11) is 0. The highest BCUT2D eigenvalue weighted by atomic mass is 16.5. The zero-order valence-electron chi connectivity index (χ0n) is 14.5. The Labute approximate surface area is 156 Å². The number of hydrogen-bond acceptors (Lipinski definition) is 5. The average molecular weight is 359 g/mol. The SMILES string of the molecule is O=C(OCc1ccccn1)c1ccc(COc2cccc3ccccc23)o1. The number of aromatic nitrogens is 1. The van der Waals surface area contributed by atoms with Crippen molar-refractivity contribution in [3.8, 4) is 5.75 Å². The number of benzene rings is 2. The fourth-order valence-electron chi connectivity index (χ4n) is 2.73. The molecule has 4 rings (SSSR count). The van der Waals surface area contributed by atoms with Crippen LogP contribution in [0, 0.1) is 0 Å². The van der Waals surface area contributed by atoms with Crippen molar-refractivity contribution < 1.29 is 18.7 Å². The highest BCUT2D eigenvalue weighted by molar-refractivity contribution is 5.88. The maximum Gasteiger partial charge on any atom is 0.374 e. The first-order valence-corrected chi connectivity index (χ1v) is 8.56. The molecule has 0 aliphatic heterocycles. The minimum absolute atomic E-state index is 0.0994. The fraction of sp³-hybridized carbons (Fsp3) is 0.0909. The van der Waals surface area contributed by atoms with Gasteiger partial charge in [0, 0.05) is 11.6 Å². The van der Waals surface area contributed by atoms with Crippen molar-refractivity contribution in [1.82, 2.24) is 4.98 Å². The molecule has 2 aromatic carbocycles. The molecular weight excluding hydrogens is 342 g/mol. The minimum Gasteiger partial charge on any atom is -0.485 e. The number of ether oxygens (including phenoxy) is 2. The van der Waals surface area contributed by atoms with E-state index < -0.39 is 5.97 Å². The molecule has 0 N–H and O–H groups in total. The smallest absolute Gasteiger partial charge is 0.374 e. The topological polar surface area (TPSA) is 61.6 Å². The minimum atomic E-state index is -0.530. The van der Waals surface area contributed by atoms with Crippen LogP contribution in [0.15, 0.2) is 83.4 Å². The van der Waals surface area contributed by atoms with Gasteiger partial charge in [-0.3, -0.25) is 4.98 Å². The summed E-state index contributed by atoms with van der Waals surface area (Å²) >= 11 is 0. The summed E-state index contributed by atoms with van der Waals surface area (Å²) in [6, 6.07) is 22.6. The van der Waals surface area contributed by atoms with Crippen LogP contribution in [0.2, 0.25) is 0 Å². The van der Waals surface area contributed by atoms with E-state index in [4.69, 9.17) is 13.9 Å². The Kier molecular flexibility index (Phi) is 4.83. The van der Waals surface area contributed by atoms with Gasteiger partial charge in [-0.2, -0.15) is 0 Å². The third-order valence-corrected chi connectivity index (χ3v) is 4.06.